The molecule has 12 nitrogen and oxygen atoms in total. The van der Waals surface area contributed by atoms with Crippen LogP contribution in [0.3, 0.4) is 0 Å². The van der Waals surface area contributed by atoms with E-state index >= 15 is 0 Å². The summed E-state index contributed by atoms with van der Waals surface area (Å²) < 4.78 is 22.0. The lowest BCUT2D eigenvalue weighted by atomic mass is 10.00. The van der Waals surface area contributed by atoms with Gasteiger partial charge in [0.25, 0.3) is 11.8 Å². The Hall–Kier alpha value is -4.84. The van der Waals surface area contributed by atoms with Crippen LogP contribution in [0, 0.1) is 0 Å². The first-order valence-electron chi connectivity index (χ1n) is 14.0. The van der Waals surface area contributed by atoms with Gasteiger partial charge in [0.15, 0.2) is 5.75 Å². The van der Waals surface area contributed by atoms with E-state index in [0.717, 1.165) is 0 Å². The number of amides is 3. The van der Waals surface area contributed by atoms with Gasteiger partial charge in [-0.2, -0.15) is 0 Å². The van der Waals surface area contributed by atoms with E-state index in [1.54, 1.807) is 76.3 Å². The number of rotatable bonds is 8. The maximum absolute atomic E-state index is 14.2. The van der Waals surface area contributed by atoms with Gasteiger partial charge in [0.1, 0.15) is 24.0 Å². The van der Waals surface area contributed by atoms with Crippen molar-refractivity contribution in [2.45, 2.75) is 39.0 Å². The van der Waals surface area contributed by atoms with Crippen molar-refractivity contribution in [3.63, 3.8) is 0 Å². The number of hydrogen-bond acceptors (Lipinski definition) is 9. The van der Waals surface area contributed by atoms with Crippen LogP contribution in [0.2, 0.25) is 0 Å². The van der Waals surface area contributed by atoms with Gasteiger partial charge in [-0.3, -0.25) is 9.59 Å². The number of likely N-dealkylation sites (N-methyl/N-ethyl adjacent to an activating group) is 1. The average Bonchev–Trinajstić information content (AvgIpc) is 3.11. The van der Waals surface area contributed by atoms with E-state index in [-0.39, 0.29) is 37.6 Å². The van der Waals surface area contributed by atoms with E-state index in [4.69, 9.17) is 18.9 Å². The van der Waals surface area contributed by atoms with E-state index in [9.17, 15) is 24.3 Å². The number of para-hydroxylation sites is 1. The molecular weight excluding hydrogens is 570 g/mol. The fourth-order valence-corrected chi connectivity index (χ4v) is 4.91. The molecule has 0 saturated heterocycles. The van der Waals surface area contributed by atoms with Gasteiger partial charge in [-0.05, 0) is 61.9 Å². The first-order chi connectivity index (χ1) is 20.9. The Labute approximate surface area is 255 Å². The van der Waals surface area contributed by atoms with Crippen LogP contribution in [0.15, 0.2) is 48.5 Å². The fourth-order valence-electron chi connectivity index (χ4n) is 4.91. The molecule has 3 aromatic carbocycles. The molecule has 1 atom stereocenters. The highest BCUT2D eigenvalue weighted by molar-refractivity contribution is 6.05. The Bertz CT molecular complexity index is 1580. The molecule has 3 amide bonds. The van der Waals surface area contributed by atoms with Gasteiger partial charge in [-0.15, -0.1) is 0 Å². The van der Waals surface area contributed by atoms with Crippen molar-refractivity contribution < 1.29 is 43.2 Å². The highest BCUT2D eigenvalue weighted by Gasteiger charge is 2.36. The number of hydrogen-bond donors (Lipinski definition) is 2. The van der Waals surface area contributed by atoms with Gasteiger partial charge in [0.05, 0.1) is 44.2 Å². The van der Waals surface area contributed by atoms with E-state index in [0.29, 0.717) is 33.3 Å². The maximum Gasteiger partial charge on any atom is 0.408 e. The molecule has 0 fully saturated rings. The molecule has 1 aliphatic heterocycles. The van der Waals surface area contributed by atoms with Crippen molar-refractivity contribution in [3.05, 3.63) is 65.2 Å². The van der Waals surface area contributed by atoms with Gasteiger partial charge in [-0.25, -0.2) is 9.59 Å². The number of nitrogens with zero attached hydrogens (tertiary/aromatic N) is 2. The molecule has 0 aromatic heterocycles. The smallest absolute Gasteiger partial charge is 0.408 e. The molecule has 1 heterocycles. The number of methoxy groups -OCH3 is 2. The number of ether oxygens (including phenoxy) is 4. The molecule has 1 unspecified atom stereocenters. The summed E-state index contributed by atoms with van der Waals surface area (Å²) in [4.78, 5) is 55.3. The van der Waals surface area contributed by atoms with Crippen LogP contribution in [0.1, 0.15) is 47.1 Å². The lowest BCUT2D eigenvalue weighted by molar-refractivity contribution is -0.121. The molecule has 0 saturated carbocycles. The number of anilines is 1. The molecule has 0 spiro atoms. The Morgan fingerprint density at radius 2 is 1.86 bits per heavy atom. The second kappa shape index (κ2) is 13.2. The topological polar surface area (TPSA) is 144 Å². The SMILES string of the molecule is COC(=O)c1ccc2c(CN3C(=O)C(NC(=O)OC(C)(C)C)COc4c(C(=O)N(C)CCO)cccc43)c(OC)ccc2c1. The van der Waals surface area contributed by atoms with Crippen LogP contribution in [-0.2, 0) is 20.8 Å². The van der Waals surface area contributed by atoms with Gasteiger partial charge >= 0.3 is 12.1 Å². The molecule has 4 rings (SSSR count). The summed E-state index contributed by atoms with van der Waals surface area (Å²) in [5.41, 5.74) is 0.654. The molecule has 12 heteroatoms. The molecular formula is C32H37N3O9. The lowest BCUT2D eigenvalue weighted by Gasteiger charge is -2.27. The Morgan fingerprint density at radius 1 is 1.11 bits per heavy atom. The van der Waals surface area contributed by atoms with Crippen LogP contribution in [-0.4, -0.2) is 86.6 Å². The summed E-state index contributed by atoms with van der Waals surface area (Å²) in [5, 5.41) is 13.4. The van der Waals surface area contributed by atoms with Crippen molar-refractivity contribution in [1.29, 1.82) is 0 Å². The molecule has 0 radical (unpaired) electrons. The average molecular weight is 608 g/mol. The van der Waals surface area contributed by atoms with Crippen LogP contribution in [0.25, 0.3) is 10.8 Å². The zero-order valence-corrected chi connectivity index (χ0v) is 25.6. The fraction of sp³-hybridized carbons (Fsp3) is 0.375. The summed E-state index contributed by atoms with van der Waals surface area (Å²) in [7, 11) is 4.36. The normalized spacial score (nSPS) is 14.7. The molecule has 3 aromatic rings. The summed E-state index contributed by atoms with van der Waals surface area (Å²) >= 11 is 0. The molecule has 234 valence electrons. The van der Waals surface area contributed by atoms with Crippen LogP contribution < -0.4 is 19.7 Å². The number of benzene rings is 3. The quantitative estimate of drug-likeness (QED) is 0.368. The first-order valence-corrected chi connectivity index (χ1v) is 14.0. The van der Waals surface area contributed by atoms with Crippen molar-refractivity contribution >= 4 is 40.3 Å². The predicted octanol–water partition coefficient (Wildman–Crippen LogP) is 3.52. The highest BCUT2D eigenvalue weighted by Crippen LogP contribution is 2.39. The highest BCUT2D eigenvalue weighted by atomic mass is 16.6. The van der Waals surface area contributed by atoms with E-state index < -0.39 is 35.5 Å². The van der Waals surface area contributed by atoms with Crippen LogP contribution in [0.4, 0.5) is 10.5 Å². The summed E-state index contributed by atoms with van der Waals surface area (Å²) in [6.07, 6.45) is -0.803. The van der Waals surface area contributed by atoms with Gasteiger partial charge in [-0.1, -0.05) is 18.2 Å². The van der Waals surface area contributed by atoms with Crippen molar-refractivity contribution in [1.82, 2.24) is 10.2 Å². The Balaban J connectivity index is 1.85. The standard InChI is InChI=1S/C32H37N3O9/c1-32(2,3)44-31(40)33-24-18-43-27-22(28(37)34(4)14-15-36)8-7-9-25(27)35(29(24)38)17-23-21-12-10-20(30(39)42-6)16-19(21)11-13-26(23)41-5/h7-13,16,24,36H,14-15,17-18H2,1-6H3,(H,33,40). The van der Waals surface area contributed by atoms with E-state index in [1.165, 1.54) is 24.0 Å². The molecule has 44 heavy (non-hydrogen) atoms. The van der Waals surface area contributed by atoms with Gasteiger partial charge in [0, 0.05) is 19.2 Å². The number of carbonyl (C=O) groups excluding carboxylic acids is 4. The van der Waals surface area contributed by atoms with Crippen LogP contribution in [0.5, 0.6) is 11.5 Å². The third-order valence-corrected chi connectivity index (χ3v) is 6.99. The Kier molecular flexibility index (Phi) is 9.63. The zero-order chi connectivity index (χ0) is 32.2. The molecule has 0 bridgehead atoms. The number of aliphatic hydroxyl groups excluding tert-OH is 1. The molecule has 2 N–H and O–H groups in total. The first kappa shape index (κ1) is 32.1. The van der Waals surface area contributed by atoms with Crippen molar-refractivity contribution in [3.8, 4) is 11.5 Å². The van der Waals surface area contributed by atoms with E-state index in [2.05, 4.69) is 5.32 Å². The number of nitrogens with one attached hydrogen (secondary N) is 1. The molecule has 1 aliphatic rings. The number of esters is 1. The van der Waals surface area contributed by atoms with Crippen molar-refractivity contribution in [2.75, 3.05) is 45.9 Å². The van der Waals surface area contributed by atoms with E-state index in [1.807, 2.05) is 0 Å². The number of fused-ring (bicyclic) bond motifs is 2. The van der Waals surface area contributed by atoms with Gasteiger partial charge < -0.3 is 39.2 Å². The second-order valence-corrected chi connectivity index (χ2v) is 11.2. The maximum atomic E-state index is 14.2. The molecule has 0 aliphatic carbocycles. The second-order valence-electron chi connectivity index (χ2n) is 11.2. The van der Waals surface area contributed by atoms with Crippen molar-refractivity contribution in [2.24, 2.45) is 0 Å². The van der Waals surface area contributed by atoms with Crippen LogP contribution >= 0.6 is 0 Å². The number of aliphatic hydroxyl groups is 1. The zero-order valence-electron chi connectivity index (χ0n) is 25.6. The third-order valence-electron chi connectivity index (χ3n) is 6.99. The Morgan fingerprint density at radius 3 is 2.52 bits per heavy atom. The number of carbonyl (C=O) groups is 4. The predicted molar refractivity (Wildman–Crippen MR) is 162 cm³/mol. The minimum Gasteiger partial charge on any atom is -0.496 e. The largest absolute Gasteiger partial charge is 0.496 e. The summed E-state index contributed by atoms with van der Waals surface area (Å²) in [5.74, 6) is -0.781. The minimum atomic E-state index is -1.16. The third kappa shape index (κ3) is 6.86. The lowest BCUT2D eigenvalue weighted by Crippen LogP contribution is -2.51. The summed E-state index contributed by atoms with van der Waals surface area (Å²) in [6, 6.07) is 12.3. The summed E-state index contributed by atoms with van der Waals surface area (Å²) in [6.45, 7) is 4.67. The minimum absolute atomic E-state index is 0.0378. The number of alkyl carbamates (subject to hydrolysis) is 1. The van der Waals surface area contributed by atoms with Gasteiger partial charge in [0.2, 0.25) is 0 Å². The monoisotopic (exact) mass is 607 g/mol.